The number of ether oxygens (including phenoxy) is 1. The molecule has 6 nitrogen and oxygen atoms in total. The smallest absolute Gasteiger partial charge is 0.257 e. The van der Waals surface area contributed by atoms with Crippen LogP contribution in [0.15, 0.2) is 24.4 Å². The van der Waals surface area contributed by atoms with Gasteiger partial charge in [0.25, 0.3) is 5.91 Å². The molecule has 0 saturated carbocycles. The second-order valence-corrected chi connectivity index (χ2v) is 7.11. The number of amides is 1. The summed E-state index contributed by atoms with van der Waals surface area (Å²) in [5, 5.41) is 3.95. The Kier molecular flexibility index (Phi) is 4.78. The molecule has 0 bridgehead atoms. The van der Waals surface area contributed by atoms with Crippen molar-refractivity contribution in [2.45, 2.75) is 31.8 Å². The Bertz CT molecular complexity index is 836. The lowest BCUT2D eigenvalue weighted by Gasteiger charge is -2.29. The number of rotatable bonds is 3. The van der Waals surface area contributed by atoms with Gasteiger partial charge in [-0.1, -0.05) is 11.6 Å². The number of benzene rings is 1. The fraction of sp³-hybridized carbons (Fsp3) is 0.421. The predicted octanol–water partition coefficient (Wildman–Crippen LogP) is 2.76. The third-order valence-electron chi connectivity index (χ3n) is 5.00. The molecule has 2 aliphatic rings. The molecule has 2 aliphatic heterocycles. The van der Waals surface area contributed by atoms with Gasteiger partial charge in [0, 0.05) is 36.3 Å². The summed E-state index contributed by atoms with van der Waals surface area (Å²) < 4.78 is 5.32. The summed E-state index contributed by atoms with van der Waals surface area (Å²) in [6.45, 7) is 2.15. The van der Waals surface area contributed by atoms with E-state index in [2.05, 4.69) is 10.3 Å². The molecule has 1 aromatic heterocycles. The second kappa shape index (κ2) is 7.21. The Morgan fingerprint density at radius 1 is 1.42 bits per heavy atom. The number of aromatic nitrogens is 2. The van der Waals surface area contributed by atoms with Gasteiger partial charge in [-0.2, -0.15) is 0 Å². The Hall–Kier alpha value is -2.18. The van der Waals surface area contributed by atoms with Crippen molar-refractivity contribution in [1.29, 1.82) is 0 Å². The van der Waals surface area contributed by atoms with Crippen LogP contribution in [0.3, 0.4) is 0 Å². The van der Waals surface area contributed by atoms with Crippen molar-refractivity contribution in [3.05, 3.63) is 52.1 Å². The summed E-state index contributed by atoms with van der Waals surface area (Å²) in [7, 11) is 1.55. The lowest BCUT2D eigenvalue weighted by molar-refractivity contribution is 0.0729. The monoisotopic (exact) mass is 372 g/mol. The number of hydrogen-bond acceptors (Lipinski definition) is 5. The maximum atomic E-state index is 13.0. The highest BCUT2D eigenvalue weighted by Crippen LogP contribution is 2.27. The topological polar surface area (TPSA) is 67.3 Å². The van der Waals surface area contributed by atoms with Gasteiger partial charge < -0.3 is 15.0 Å². The molecule has 1 saturated heterocycles. The van der Waals surface area contributed by atoms with Crippen molar-refractivity contribution in [3.8, 4) is 5.75 Å². The van der Waals surface area contributed by atoms with Crippen LogP contribution in [0.5, 0.6) is 5.75 Å². The summed E-state index contributed by atoms with van der Waals surface area (Å²) >= 11 is 6.07. The maximum absolute atomic E-state index is 13.0. The van der Waals surface area contributed by atoms with Gasteiger partial charge in [-0.05, 0) is 37.6 Å². The standard InChI is InChI=1S/C19H21ClN4O2/c1-26-17-5-4-13(20)9-14(17)19(25)24-8-6-15-12(11-24)10-22-18(23-15)16-3-2-7-21-16/h4-5,9-10,16,21H,2-3,6-8,11H2,1H3. The first-order valence-electron chi connectivity index (χ1n) is 8.86. The number of carbonyl (C=O) groups excluding carboxylic acids is 1. The zero-order valence-electron chi connectivity index (χ0n) is 14.7. The highest BCUT2D eigenvalue weighted by atomic mass is 35.5. The van der Waals surface area contributed by atoms with Gasteiger partial charge in [-0.15, -0.1) is 0 Å². The third-order valence-corrected chi connectivity index (χ3v) is 5.24. The minimum Gasteiger partial charge on any atom is -0.496 e. The number of hydrogen-bond donors (Lipinski definition) is 1. The van der Waals surface area contributed by atoms with E-state index >= 15 is 0 Å². The molecular weight excluding hydrogens is 352 g/mol. The van der Waals surface area contributed by atoms with E-state index in [0.717, 1.165) is 42.9 Å². The third kappa shape index (κ3) is 3.27. The lowest BCUT2D eigenvalue weighted by Crippen LogP contribution is -2.37. The van der Waals surface area contributed by atoms with Crippen molar-refractivity contribution >= 4 is 17.5 Å². The van der Waals surface area contributed by atoms with E-state index in [-0.39, 0.29) is 11.9 Å². The number of nitrogens with zero attached hydrogens (tertiary/aromatic N) is 3. The van der Waals surface area contributed by atoms with Crippen LogP contribution in [0.25, 0.3) is 0 Å². The molecule has 1 unspecified atom stereocenters. The van der Waals surface area contributed by atoms with Crippen LogP contribution >= 0.6 is 11.6 Å². The van der Waals surface area contributed by atoms with Crippen molar-refractivity contribution in [3.63, 3.8) is 0 Å². The molecule has 1 amide bonds. The van der Waals surface area contributed by atoms with Crippen LogP contribution in [0.4, 0.5) is 0 Å². The number of fused-ring (bicyclic) bond motifs is 1. The molecule has 1 fully saturated rings. The lowest BCUT2D eigenvalue weighted by atomic mass is 10.0. The first-order chi connectivity index (χ1) is 12.7. The SMILES string of the molecule is COc1ccc(Cl)cc1C(=O)N1CCc2nc(C3CCCN3)ncc2C1. The molecule has 1 aromatic carbocycles. The molecule has 3 heterocycles. The fourth-order valence-electron chi connectivity index (χ4n) is 3.60. The van der Waals surface area contributed by atoms with Gasteiger partial charge in [0.15, 0.2) is 0 Å². The van der Waals surface area contributed by atoms with Crippen LogP contribution < -0.4 is 10.1 Å². The van der Waals surface area contributed by atoms with E-state index in [0.29, 0.717) is 29.4 Å². The molecular formula is C19H21ClN4O2. The Balaban J connectivity index is 1.55. The molecule has 26 heavy (non-hydrogen) atoms. The van der Waals surface area contributed by atoms with Gasteiger partial charge in [-0.3, -0.25) is 4.79 Å². The molecule has 0 spiro atoms. The molecule has 136 valence electrons. The van der Waals surface area contributed by atoms with Crippen molar-refractivity contribution in [2.75, 3.05) is 20.2 Å². The zero-order chi connectivity index (χ0) is 18.1. The average molecular weight is 373 g/mol. The first kappa shape index (κ1) is 17.2. The second-order valence-electron chi connectivity index (χ2n) is 6.67. The number of halogens is 1. The van der Waals surface area contributed by atoms with E-state index in [9.17, 15) is 4.79 Å². The average Bonchev–Trinajstić information content (AvgIpc) is 3.21. The van der Waals surface area contributed by atoms with Gasteiger partial charge >= 0.3 is 0 Å². The van der Waals surface area contributed by atoms with Gasteiger partial charge in [-0.25, -0.2) is 9.97 Å². The van der Waals surface area contributed by atoms with Crippen LogP contribution in [0.1, 0.15) is 46.3 Å². The van der Waals surface area contributed by atoms with E-state index in [1.165, 1.54) is 0 Å². The molecule has 2 aromatic rings. The van der Waals surface area contributed by atoms with Gasteiger partial charge in [0.05, 0.1) is 24.4 Å². The first-order valence-corrected chi connectivity index (χ1v) is 9.24. The van der Waals surface area contributed by atoms with E-state index in [1.54, 1.807) is 30.2 Å². The summed E-state index contributed by atoms with van der Waals surface area (Å²) in [4.78, 5) is 24.0. The minimum atomic E-state index is -0.0865. The van der Waals surface area contributed by atoms with Gasteiger partial charge in [0.1, 0.15) is 11.6 Å². The number of nitrogens with one attached hydrogen (secondary N) is 1. The fourth-order valence-corrected chi connectivity index (χ4v) is 3.77. The summed E-state index contributed by atoms with van der Waals surface area (Å²) in [6, 6.07) is 5.35. The molecule has 4 rings (SSSR count). The minimum absolute atomic E-state index is 0.0865. The largest absolute Gasteiger partial charge is 0.496 e. The Labute approximate surface area is 157 Å². The summed E-state index contributed by atoms with van der Waals surface area (Å²) in [5.41, 5.74) is 2.54. The van der Waals surface area contributed by atoms with Crippen molar-refractivity contribution < 1.29 is 9.53 Å². The summed E-state index contributed by atoms with van der Waals surface area (Å²) in [5.74, 6) is 1.32. The molecule has 7 heteroatoms. The summed E-state index contributed by atoms with van der Waals surface area (Å²) in [6.07, 6.45) is 4.84. The zero-order valence-corrected chi connectivity index (χ0v) is 15.4. The number of methoxy groups -OCH3 is 1. The Morgan fingerprint density at radius 3 is 3.08 bits per heavy atom. The normalized spacial score (nSPS) is 19.3. The quantitative estimate of drug-likeness (QED) is 0.897. The molecule has 1 N–H and O–H groups in total. The van der Waals surface area contributed by atoms with Crippen molar-refractivity contribution in [2.24, 2.45) is 0 Å². The molecule has 0 radical (unpaired) electrons. The number of carbonyl (C=O) groups is 1. The van der Waals surface area contributed by atoms with Crippen LogP contribution in [0, 0.1) is 0 Å². The Morgan fingerprint density at radius 2 is 2.31 bits per heavy atom. The van der Waals surface area contributed by atoms with Crippen LogP contribution in [-0.2, 0) is 13.0 Å². The maximum Gasteiger partial charge on any atom is 0.257 e. The molecule has 0 aliphatic carbocycles. The van der Waals surface area contributed by atoms with E-state index in [1.807, 2.05) is 6.20 Å². The van der Waals surface area contributed by atoms with Crippen molar-refractivity contribution in [1.82, 2.24) is 20.2 Å². The highest BCUT2D eigenvalue weighted by Gasteiger charge is 2.27. The molecule has 1 atom stereocenters. The van der Waals surface area contributed by atoms with Crippen LogP contribution in [-0.4, -0.2) is 41.0 Å². The van der Waals surface area contributed by atoms with Gasteiger partial charge in [0.2, 0.25) is 0 Å². The van der Waals surface area contributed by atoms with E-state index < -0.39 is 0 Å². The predicted molar refractivity (Wildman–Crippen MR) is 98.5 cm³/mol. The van der Waals surface area contributed by atoms with E-state index in [4.69, 9.17) is 21.3 Å². The van der Waals surface area contributed by atoms with Crippen LogP contribution in [0.2, 0.25) is 5.02 Å². The highest BCUT2D eigenvalue weighted by molar-refractivity contribution is 6.31.